The van der Waals surface area contributed by atoms with Crippen molar-refractivity contribution in [3.05, 3.63) is 50.6 Å². The van der Waals surface area contributed by atoms with Gasteiger partial charge < -0.3 is 10.2 Å². The fraction of sp³-hybridized carbons (Fsp3) is 0.250. The van der Waals surface area contributed by atoms with Crippen LogP contribution in [0.25, 0.3) is 0 Å². The Morgan fingerprint density at radius 2 is 2.09 bits per heavy atom. The molecule has 0 radical (unpaired) electrons. The van der Waals surface area contributed by atoms with Crippen molar-refractivity contribution in [2.24, 2.45) is 0 Å². The number of anilines is 1. The summed E-state index contributed by atoms with van der Waals surface area (Å²) in [5.41, 5.74) is 0.497. The van der Waals surface area contributed by atoms with E-state index in [0.29, 0.717) is 33.6 Å². The molecule has 1 saturated heterocycles. The van der Waals surface area contributed by atoms with Gasteiger partial charge in [0.05, 0.1) is 15.6 Å². The maximum absolute atomic E-state index is 12.5. The van der Waals surface area contributed by atoms with Crippen molar-refractivity contribution < 1.29 is 9.59 Å². The van der Waals surface area contributed by atoms with Gasteiger partial charge in [-0.3, -0.25) is 9.59 Å². The molecule has 1 aromatic heterocycles. The first-order valence-electron chi connectivity index (χ1n) is 7.16. The SMILES string of the molecule is O=C(Nc1ccc(Cl)cc1Cl)C1CCCN1C(=O)c1cccs1. The molecule has 1 unspecified atom stereocenters. The zero-order chi connectivity index (χ0) is 16.4. The summed E-state index contributed by atoms with van der Waals surface area (Å²) in [5.74, 6) is -0.323. The number of benzene rings is 1. The molecule has 2 heterocycles. The Balaban J connectivity index is 1.74. The minimum Gasteiger partial charge on any atom is -0.326 e. The molecule has 120 valence electrons. The number of amides is 2. The van der Waals surface area contributed by atoms with Crippen LogP contribution in [0.4, 0.5) is 5.69 Å². The Morgan fingerprint density at radius 1 is 1.26 bits per heavy atom. The fourth-order valence-corrected chi connectivity index (χ4v) is 3.77. The van der Waals surface area contributed by atoms with Gasteiger partial charge in [0, 0.05) is 11.6 Å². The average Bonchev–Trinajstić information content (AvgIpc) is 3.20. The average molecular weight is 369 g/mol. The van der Waals surface area contributed by atoms with Gasteiger partial charge >= 0.3 is 0 Å². The molecule has 0 aliphatic carbocycles. The number of carbonyl (C=O) groups is 2. The molecule has 0 saturated carbocycles. The van der Waals surface area contributed by atoms with Crippen LogP contribution in [0.3, 0.4) is 0 Å². The Bertz CT molecular complexity index is 734. The predicted octanol–water partition coefficient (Wildman–Crippen LogP) is 4.30. The first kappa shape index (κ1) is 16.3. The number of hydrogen-bond donors (Lipinski definition) is 1. The second kappa shape index (κ2) is 6.91. The highest BCUT2D eigenvalue weighted by molar-refractivity contribution is 7.12. The van der Waals surface area contributed by atoms with Crippen LogP contribution < -0.4 is 5.32 Å². The Labute approximate surface area is 148 Å². The monoisotopic (exact) mass is 368 g/mol. The van der Waals surface area contributed by atoms with Crippen molar-refractivity contribution in [1.82, 2.24) is 4.90 Å². The van der Waals surface area contributed by atoms with E-state index >= 15 is 0 Å². The Hall–Kier alpha value is -1.56. The van der Waals surface area contributed by atoms with Crippen molar-refractivity contribution >= 4 is 52.0 Å². The standard InChI is InChI=1S/C16H14Cl2N2O2S/c17-10-5-6-12(11(18)9-10)19-15(21)13-3-1-7-20(13)16(22)14-4-2-8-23-14/h2,4-6,8-9,13H,1,3,7H2,(H,19,21). The zero-order valence-electron chi connectivity index (χ0n) is 12.1. The molecule has 1 N–H and O–H groups in total. The van der Waals surface area contributed by atoms with E-state index < -0.39 is 6.04 Å². The number of nitrogens with one attached hydrogen (secondary N) is 1. The van der Waals surface area contributed by atoms with Crippen molar-refractivity contribution in [2.75, 3.05) is 11.9 Å². The highest BCUT2D eigenvalue weighted by Gasteiger charge is 2.35. The molecule has 4 nitrogen and oxygen atoms in total. The molecule has 1 fully saturated rings. The molecule has 2 aromatic rings. The molecular weight excluding hydrogens is 355 g/mol. The van der Waals surface area contributed by atoms with Crippen LogP contribution in [0.1, 0.15) is 22.5 Å². The van der Waals surface area contributed by atoms with E-state index in [1.165, 1.54) is 11.3 Å². The van der Waals surface area contributed by atoms with E-state index in [9.17, 15) is 9.59 Å². The smallest absolute Gasteiger partial charge is 0.264 e. The van der Waals surface area contributed by atoms with Gasteiger partial charge in [-0.25, -0.2) is 0 Å². The quantitative estimate of drug-likeness (QED) is 0.877. The van der Waals surface area contributed by atoms with Crippen molar-refractivity contribution in [2.45, 2.75) is 18.9 Å². The Morgan fingerprint density at radius 3 is 2.78 bits per heavy atom. The lowest BCUT2D eigenvalue weighted by Gasteiger charge is -2.23. The zero-order valence-corrected chi connectivity index (χ0v) is 14.4. The summed E-state index contributed by atoms with van der Waals surface area (Å²) in [6.45, 7) is 0.586. The first-order chi connectivity index (χ1) is 11.1. The molecule has 0 spiro atoms. The highest BCUT2D eigenvalue weighted by atomic mass is 35.5. The van der Waals surface area contributed by atoms with Gasteiger partial charge in [0.1, 0.15) is 6.04 Å². The molecule has 23 heavy (non-hydrogen) atoms. The lowest BCUT2D eigenvalue weighted by Crippen LogP contribution is -2.43. The lowest BCUT2D eigenvalue weighted by atomic mass is 10.2. The third kappa shape index (κ3) is 3.52. The van der Waals surface area contributed by atoms with Gasteiger partial charge in [0.25, 0.3) is 5.91 Å². The number of halogens is 2. The van der Waals surface area contributed by atoms with Crippen LogP contribution in [0.5, 0.6) is 0 Å². The largest absolute Gasteiger partial charge is 0.326 e. The van der Waals surface area contributed by atoms with E-state index in [2.05, 4.69) is 5.32 Å². The van der Waals surface area contributed by atoms with Crippen LogP contribution in [-0.4, -0.2) is 29.3 Å². The molecule has 0 bridgehead atoms. The van der Waals surface area contributed by atoms with Gasteiger partial charge in [-0.1, -0.05) is 29.3 Å². The third-order valence-electron chi connectivity index (χ3n) is 3.74. The molecule has 1 aliphatic rings. The number of nitrogens with zero attached hydrogens (tertiary/aromatic N) is 1. The highest BCUT2D eigenvalue weighted by Crippen LogP contribution is 2.27. The van der Waals surface area contributed by atoms with E-state index in [1.807, 2.05) is 11.4 Å². The minimum atomic E-state index is -0.476. The summed E-state index contributed by atoms with van der Waals surface area (Å²) in [6.07, 6.45) is 1.46. The van der Waals surface area contributed by atoms with Gasteiger partial charge in [0.2, 0.25) is 5.91 Å². The summed E-state index contributed by atoms with van der Waals surface area (Å²) in [7, 11) is 0. The van der Waals surface area contributed by atoms with Crippen LogP contribution in [0, 0.1) is 0 Å². The summed E-state index contributed by atoms with van der Waals surface area (Å²) >= 11 is 13.3. The molecule has 3 rings (SSSR count). The number of carbonyl (C=O) groups excluding carboxylic acids is 2. The molecule has 1 aliphatic heterocycles. The molecule has 1 atom stereocenters. The van der Waals surface area contributed by atoms with Gasteiger partial charge in [-0.2, -0.15) is 0 Å². The van der Waals surface area contributed by atoms with E-state index in [4.69, 9.17) is 23.2 Å². The van der Waals surface area contributed by atoms with Crippen LogP contribution in [0.15, 0.2) is 35.7 Å². The number of likely N-dealkylation sites (tertiary alicyclic amines) is 1. The van der Waals surface area contributed by atoms with Crippen molar-refractivity contribution in [3.8, 4) is 0 Å². The number of thiophene rings is 1. The topological polar surface area (TPSA) is 49.4 Å². The maximum Gasteiger partial charge on any atom is 0.264 e. The Kier molecular flexibility index (Phi) is 4.90. The summed E-state index contributed by atoms with van der Waals surface area (Å²) in [6, 6.07) is 8.01. The van der Waals surface area contributed by atoms with E-state index in [0.717, 1.165) is 6.42 Å². The van der Waals surface area contributed by atoms with Gasteiger partial charge in [-0.05, 0) is 42.5 Å². The van der Waals surface area contributed by atoms with Crippen molar-refractivity contribution in [1.29, 1.82) is 0 Å². The second-order valence-electron chi connectivity index (χ2n) is 5.25. The lowest BCUT2D eigenvalue weighted by molar-refractivity contribution is -0.119. The second-order valence-corrected chi connectivity index (χ2v) is 7.04. The van der Waals surface area contributed by atoms with E-state index in [-0.39, 0.29) is 11.8 Å². The summed E-state index contributed by atoms with van der Waals surface area (Å²) in [5, 5.41) is 5.52. The maximum atomic E-state index is 12.5. The first-order valence-corrected chi connectivity index (χ1v) is 8.80. The molecule has 2 amide bonds. The van der Waals surface area contributed by atoms with Gasteiger partial charge in [-0.15, -0.1) is 11.3 Å². The van der Waals surface area contributed by atoms with Crippen LogP contribution in [-0.2, 0) is 4.79 Å². The third-order valence-corrected chi connectivity index (χ3v) is 5.14. The van der Waals surface area contributed by atoms with Gasteiger partial charge in [0.15, 0.2) is 0 Å². The molecule has 1 aromatic carbocycles. The van der Waals surface area contributed by atoms with E-state index in [1.54, 1.807) is 29.2 Å². The predicted molar refractivity (Wildman–Crippen MR) is 93.5 cm³/mol. The van der Waals surface area contributed by atoms with Crippen LogP contribution in [0.2, 0.25) is 10.0 Å². The minimum absolute atomic E-state index is 0.0974. The number of hydrogen-bond acceptors (Lipinski definition) is 3. The summed E-state index contributed by atoms with van der Waals surface area (Å²) < 4.78 is 0. The normalized spacial score (nSPS) is 17.3. The van der Waals surface area contributed by atoms with Crippen molar-refractivity contribution in [3.63, 3.8) is 0 Å². The molecular formula is C16H14Cl2N2O2S. The summed E-state index contributed by atoms with van der Waals surface area (Å²) in [4.78, 5) is 27.3. The molecule has 7 heteroatoms. The van der Waals surface area contributed by atoms with Crippen LogP contribution >= 0.6 is 34.5 Å². The number of rotatable bonds is 3. The fourth-order valence-electron chi connectivity index (χ4n) is 2.63.